The van der Waals surface area contributed by atoms with Crippen LogP contribution in [0.3, 0.4) is 0 Å². The van der Waals surface area contributed by atoms with E-state index in [1.165, 1.54) is 7.11 Å². The minimum Gasteiger partial charge on any atom is -0.489 e. The van der Waals surface area contributed by atoms with Crippen molar-refractivity contribution in [3.63, 3.8) is 0 Å². The number of aryl methyl sites for hydroxylation is 2. The summed E-state index contributed by atoms with van der Waals surface area (Å²) in [6.45, 7) is 6.35. The third-order valence-corrected chi connectivity index (χ3v) is 6.95. The van der Waals surface area contributed by atoms with Gasteiger partial charge in [0.15, 0.2) is 5.78 Å². The number of carbonyl (C=O) groups is 2. The van der Waals surface area contributed by atoms with Gasteiger partial charge in [-0.3, -0.25) is 4.79 Å². The number of allylic oxidation sites excluding steroid dienone is 3. The van der Waals surface area contributed by atoms with Gasteiger partial charge in [0, 0.05) is 33.8 Å². The van der Waals surface area contributed by atoms with Gasteiger partial charge in [0.2, 0.25) is 0 Å². The predicted octanol–water partition coefficient (Wildman–Crippen LogP) is 5.79. The highest BCUT2D eigenvalue weighted by atomic mass is 79.9. The summed E-state index contributed by atoms with van der Waals surface area (Å²) in [4.78, 5) is 25.9. The molecule has 0 aromatic heterocycles. The van der Waals surface area contributed by atoms with Crippen LogP contribution in [0.5, 0.6) is 5.75 Å². The van der Waals surface area contributed by atoms with Crippen LogP contribution in [-0.4, -0.2) is 18.9 Å². The minimum atomic E-state index is -0.450. The van der Waals surface area contributed by atoms with Crippen molar-refractivity contribution in [2.45, 2.75) is 52.6 Å². The molecule has 0 bridgehead atoms. The summed E-state index contributed by atoms with van der Waals surface area (Å²) in [6.07, 6.45) is 2.11. The average Bonchev–Trinajstić information content (AvgIpc) is 2.78. The van der Waals surface area contributed by atoms with Crippen LogP contribution in [0.4, 0.5) is 0 Å². The van der Waals surface area contributed by atoms with Gasteiger partial charge < -0.3 is 14.8 Å². The van der Waals surface area contributed by atoms with Crippen molar-refractivity contribution in [1.29, 1.82) is 0 Å². The van der Waals surface area contributed by atoms with Crippen molar-refractivity contribution < 1.29 is 19.1 Å². The van der Waals surface area contributed by atoms with Crippen molar-refractivity contribution in [2.24, 2.45) is 0 Å². The smallest absolute Gasteiger partial charge is 0.336 e. The number of ketones is 1. The highest BCUT2D eigenvalue weighted by Crippen LogP contribution is 2.44. The zero-order chi connectivity index (χ0) is 23.7. The number of rotatable bonds is 5. The third kappa shape index (κ3) is 4.62. The number of carbonyl (C=O) groups excluding carboxylic acids is 2. The van der Waals surface area contributed by atoms with Gasteiger partial charge in [-0.2, -0.15) is 0 Å². The van der Waals surface area contributed by atoms with Crippen LogP contribution in [-0.2, 0) is 20.9 Å². The molecule has 5 nitrogen and oxygen atoms in total. The summed E-state index contributed by atoms with van der Waals surface area (Å²) in [5.74, 6) is 0.00594. The first kappa shape index (κ1) is 23.3. The predicted molar refractivity (Wildman–Crippen MR) is 131 cm³/mol. The molecule has 1 N–H and O–H groups in total. The lowest BCUT2D eigenvalue weighted by Crippen LogP contribution is -2.34. The lowest BCUT2D eigenvalue weighted by molar-refractivity contribution is -0.136. The summed E-state index contributed by atoms with van der Waals surface area (Å²) in [7, 11) is 1.38. The van der Waals surface area contributed by atoms with E-state index < -0.39 is 11.9 Å². The number of benzene rings is 2. The topological polar surface area (TPSA) is 64.6 Å². The lowest BCUT2D eigenvalue weighted by atomic mass is 9.73. The van der Waals surface area contributed by atoms with Crippen LogP contribution >= 0.6 is 15.9 Å². The highest BCUT2D eigenvalue weighted by molar-refractivity contribution is 9.10. The van der Waals surface area contributed by atoms with E-state index in [0.717, 1.165) is 56.7 Å². The Morgan fingerprint density at radius 3 is 2.52 bits per heavy atom. The van der Waals surface area contributed by atoms with E-state index in [2.05, 4.69) is 40.3 Å². The van der Waals surface area contributed by atoms with Crippen molar-refractivity contribution in [3.05, 3.63) is 85.7 Å². The second-order valence-corrected chi connectivity index (χ2v) is 9.55. The Kier molecular flexibility index (Phi) is 6.75. The Balaban J connectivity index is 1.78. The molecular formula is C27H28BrNO4. The molecule has 0 fully saturated rings. The van der Waals surface area contributed by atoms with Crippen LogP contribution in [0.2, 0.25) is 0 Å². The molecule has 6 heteroatoms. The Labute approximate surface area is 203 Å². The van der Waals surface area contributed by atoms with Crippen LogP contribution in [0, 0.1) is 13.8 Å². The second-order valence-electron chi connectivity index (χ2n) is 8.64. The molecule has 2 aromatic rings. The Hall–Kier alpha value is -2.86. The second kappa shape index (κ2) is 9.56. The summed E-state index contributed by atoms with van der Waals surface area (Å²) in [5.41, 5.74) is 6.96. The zero-order valence-electron chi connectivity index (χ0n) is 19.4. The van der Waals surface area contributed by atoms with Crippen LogP contribution in [0.15, 0.2) is 63.4 Å². The summed E-state index contributed by atoms with van der Waals surface area (Å²) in [6, 6.07) is 11.9. The quantitative estimate of drug-likeness (QED) is 0.517. The molecule has 33 heavy (non-hydrogen) atoms. The van der Waals surface area contributed by atoms with E-state index in [1.807, 2.05) is 38.1 Å². The Morgan fingerprint density at radius 1 is 1.09 bits per heavy atom. The maximum absolute atomic E-state index is 13.1. The molecule has 0 saturated heterocycles. The van der Waals surface area contributed by atoms with Gasteiger partial charge in [-0.25, -0.2) is 4.79 Å². The van der Waals surface area contributed by atoms with Crippen molar-refractivity contribution in [1.82, 2.24) is 5.32 Å². The molecule has 0 amide bonds. The number of hydrogen-bond acceptors (Lipinski definition) is 5. The summed E-state index contributed by atoms with van der Waals surface area (Å²) < 4.78 is 12.2. The molecule has 0 saturated carbocycles. The van der Waals surface area contributed by atoms with Crippen molar-refractivity contribution in [2.75, 3.05) is 7.11 Å². The molecule has 2 aliphatic rings. The number of esters is 1. The van der Waals surface area contributed by atoms with Gasteiger partial charge in [0.05, 0.1) is 12.7 Å². The molecule has 1 aliphatic carbocycles. The van der Waals surface area contributed by atoms with E-state index >= 15 is 0 Å². The minimum absolute atomic E-state index is 0.0929. The maximum Gasteiger partial charge on any atom is 0.336 e. The van der Waals surface area contributed by atoms with Gasteiger partial charge in [-0.05, 0) is 80.1 Å². The third-order valence-electron chi connectivity index (χ3n) is 6.42. The normalized spacial score (nSPS) is 18.1. The van der Waals surface area contributed by atoms with Crippen molar-refractivity contribution >= 4 is 27.7 Å². The zero-order valence-corrected chi connectivity index (χ0v) is 21.0. The van der Waals surface area contributed by atoms with E-state index in [9.17, 15) is 9.59 Å². The number of dihydropyridines is 1. The van der Waals surface area contributed by atoms with Gasteiger partial charge in [0.25, 0.3) is 0 Å². The molecular weight excluding hydrogens is 482 g/mol. The lowest BCUT2D eigenvalue weighted by Gasteiger charge is -2.35. The average molecular weight is 510 g/mol. The molecule has 0 radical (unpaired) electrons. The van der Waals surface area contributed by atoms with Gasteiger partial charge in [0.1, 0.15) is 12.4 Å². The number of Topliss-reactive ketones (excluding diaryl/α,β-unsaturated/α-hetero) is 1. The monoisotopic (exact) mass is 509 g/mol. The number of hydrogen-bond donors (Lipinski definition) is 1. The first-order valence-corrected chi connectivity index (χ1v) is 11.9. The first-order chi connectivity index (χ1) is 15.8. The molecule has 1 atom stereocenters. The standard InChI is InChI=1S/C27H28BrNO4/c1-15-12-16(2)21(13-18(15)14-33-20-10-8-19(28)9-11-20)25-24(27(31)32-4)17(3)29-22-6-5-7-23(30)26(22)25/h8-13,25,29H,5-7,14H2,1-4H3. The summed E-state index contributed by atoms with van der Waals surface area (Å²) >= 11 is 3.44. The van der Waals surface area contributed by atoms with E-state index in [-0.39, 0.29) is 5.78 Å². The van der Waals surface area contributed by atoms with E-state index in [4.69, 9.17) is 9.47 Å². The fourth-order valence-corrected chi connectivity index (χ4v) is 5.01. The Bertz CT molecular complexity index is 1180. The molecule has 172 valence electrons. The number of halogens is 1. The fraction of sp³-hybridized carbons (Fsp3) is 0.333. The van der Waals surface area contributed by atoms with Gasteiger partial charge in [-0.15, -0.1) is 0 Å². The molecule has 1 heterocycles. The molecule has 2 aromatic carbocycles. The molecule has 1 unspecified atom stereocenters. The molecule has 1 aliphatic heterocycles. The first-order valence-electron chi connectivity index (χ1n) is 11.1. The van der Waals surface area contributed by atoms with Crippen LogP contribution < -0.4 is 10.1 Å². The van der Waals surface area contributed by atoms with Crippen LogP contribution in [0.25, 0.3) is 0 Å². The van der Waals surface area contributed by atoms with Crippen molar-refractivity contribution in [3.8, 4) is 5.75 Å². The van der Waals surface area contributed by atoms with Crippen LogP contribution in [0.1, 0.15) is 54.4 Å². The largest absolute Gasteiger partial charge is 0.489 e. The summed E-state index contributed by atoms with van der Waals surface area (Å²) in [5, 5.41) is 3.32. The number of nitrogens with one attached hydrogen (secondary N) is 1. The van der Waals surface area contributed by atoms with Gasteiger partial charge in [-0.1, -0.05) is 28.1 Å². The fourth-order valence-electron chi connectivity index (χ4n) is 4.75. The molecule has 4 rings (SSSR count). The Morgan fingerprint density at radius 2 is 1.82 bits per heavy atom. The number of methoxy groups -OCH3 is 1. The highest BCUT2D eigenvalue weighted by Gasteiger charge is 2.39. The van der Waals surface area contributed by atoms with E-state index in [1.54, 1.807) is 0 Å². The van der Waals surface area contributed by atoms with Gasteiger partial charge >= 0.3 is 5.97 Å². The maximum atomic E-state index is 13.1. The molecule has 0 spiro atoms. The SMILES string of the molecule is COC(=O)C1=C(C)NC2=C(C(=O)CCC2)C1c1cc(COc2ccc(Br)cc2)c(C)cc1C. The number of ether oxygens (including phenoxy) is 2. The van der Waals surface area contributed by atoms with E-state index in [0.29, 0.717) is 24.2 Å².